The molecule has 38 heavy (non-hydrogen) atoms. The highest BCUT2D eigenvalue weighted by Crippen LogP contribution is 2.29. The standard InChI is InChI=1S/C26H23Cl2N9O/c1-15-3-5-17(6-4-15)24-25(28)32-26(31-24)21(13-20-11-16(2)33-34-20)30-23(38)10-7-18-12-19(27)8-9-22(18)37-14-29-35-36-37/h3-10,12,14,21H,11,13H2,1-2H3,(H,30,38)(H,31,32)/b10-7+. The van der Waals surface area contributed by atoms with E-state index in [1.807, 2.05) is 38.1 Å². The van der Waals surface area contributed by atoms with Crippen molar-refractivity contribution in [2.45, 2.75) is 32.7 Å². The highest BCUT2D eigenvalue weighted by atomic mass is 35.5. The van der Waals surface area contributed by atoms with E-state index in [0.29, 0.717) is 45.8 Å². The van der Waals surface area contributed by atoms with Gasteiger partial charge in [-0.1, -0.05) is 53.0 Å². The minimum atomic E-state index is -0.512. The van der Waals surface area contributed by atoms with Crippen LogP contribution < -0.4 is 5.32 Å². The van der Waals surface area contributed by atoms with E-state index in [1.165, 1.54) is 17.1 Å². The molecule has 0 bridgehead atoms. The van der Waals surface area contributed by atoms with Crippen LogP contribution in [0.2, 0.25) is 10.2 Å². The number of nitrogens with zero attached hydrogens (tertiary/aromatic N) is 7. The normalized spacial score (nSPS) is 14.0. The van der Waals surface area contributed by atoms with Crippen molar-refractivity contribution in [2.24, 2.45) is 10.2 Å². The SMILES string of the molecule is CC1=NN=C(CC(NC(=O)/C=C/c2cc(Cl)ccc2-n2cnnn2)c2nc(-c3ccc(C)cc3)c(Cl)[nH]2)C1. The second kappa shape index (κ2) is 11.1. The van der Waals surface area contributed by atoms with Gasteiger partial charge in [0, 0.05) is 46.5 Å². The summed E-state index contributed by atoms with van der Waals surface area (Å²) < 4.78 is 1.49. The maximum Gasteiger partial charge on any atom is 0.244 e. The van der Waals surface area contributed by atoms with Gasteiger partial charge in [0.1, 0.15) is 23.0 Å². The van der Waals surface area contributed by atoms with Crippen molar-refractivity contribution in [1.82, 2.24) is 35.5 Å². The highest BCUT2D eigenvalue weighted by Gasteiger charge is 2.24. The molecule has 0 fully saturated rings. The van der Waals surface area contributed by atoms with Gasteiger partial charge in [0.2, 0.25) is 5.91 Å². The van der Waals surface area contributed by atoms with Gasteiger partial charge in [-0.2, -0.15) is 14.9 Å². The number of imidazole rings is 1. The molecule has 0 spiro atoms. The van der Waals surface area contributed by atoms with E-state index in [0.717, 1.165) is 22.6 Å². The van der Waals surface area contributed by atoms with Gasteiger partial charge in [-0.05, 0) is 48.5 Å². The first kappa shape index (κ1) is 25.5. The van der Waals surface area contributed by atoms with Gasteiger partial charge in [-0.25, -0.2) is 4.98 Å². The Kier molecular flexibility index (Phi) is 7.43. The van der Waals surface area contributed by atoms with Crippen LogP contribution in [0.4, 0.5) is 0 Å². The average molecular weight is 548 g/mol. The predicted octanol–water partition coefficient (Wildman–Crippen LogP) is 5.15. The Labute approximate surface area is 228 Å². The van der Waals surface area contributed by atoms with E-state index in [9.17, 15) is 4.79 Å². The van der Waals surface area contributed by atoms with Gasteiger partial charge in [-0.3, -0.25) is 4.79 Å². The molecule has 0 saturated carbocycles. The number of aryl methyl sites for hydroxylation is 1. The Morgan fingerprint density at radius 1 is 1.16 bits per heavy atom. The topological polar surface area (TPSA) is 126 Å². The third-order valence-corrected chi connectivity index (χ3v) is 6.42. The number of benzene rings is 2. The van der Waals surface area contributed by atoms with Crippen molar-refractivity contribution in [1.29, 1.82) is 0 Å². The lowest BCUT2D eigenvalue weighted by atomic mass is 10.1. The number of rotatable bonds is 8. The summed E-state index contributed by atoms with van der Waals surface area (Å²) in [6, 6.07) is 12.6. The number of aromatic amines is 1. The molecule has 0 radical (unpaired) electrons. The number of tetrazole rings is 1. The molecule has 12 heteroatoms. The van der Waals surface area contributed by atoms with Crippen LogP contribution in [0.3, 0.4) is 0 Å². The Morgan fingerprint density at radius 3 is 2.68 bits per heavy atom. The monoisotopic (exact) mass is 547 g/mol. The lowest BCUT2D eigenvalue weighted by Crippen LogP contribution is -2.29. The van der Waals surface area contributed by atoms with Crippen LogP contribution in [0.1, 0.15) is 42.8 Å². The minimum Gasteiger partial charge on any atom is -0.342 e. The van der Waals surface area contributed by atoms with E-state index >= 15 is 0 Å². The Bertz CT molecular complexity index is 1550. The maximum absolute atomic E-state index is 13.1. The summed E-state index contributed by atoms with van der Waals surface area (Å²) in [6.07, 6.45) is 5.61. The van der Waals surface area contributed by atoms with Crippen molar-refractivity contribution >= 4 is 46.6 Å². The van der Waals surface area contributed by atoms with E-state index in [2.05, 4.69) is 36.0 Å². The summed E-state index contributed by atoms with van der Waals surface area (Å²) in [4.78, 5) is 21.0. The van der Waals surface area contributed by atoms with Crippen molar-refractivity contribution in [3.8, 4) is 16.9 Å². The summed E-state index contributed by atoms with van der Waals surface area (Å²) in [5.74, 6) is 0.190. The Hall–Kier alpha value is -4.15. The molecule has 1 aliphatic heterocycles. The van der Waals surface area contributed by atoms with Gasteiger partial charge < -0.3 is 10.3 Å². The third kappa shape index (κ3) is 5.87. The van der Waals surface area contributed by atoms with E-state index < -0.39 is 6.04 Å². The lowest BCUT2D eigenvalue weighted by molar-refractivity contribution is -0.117. The molecule has 0 aliphatic carbocycles. The van der Waals surface area contributed by atoms with Crippen molar-refractivity contribution in [3.63, 3.8) is 0 Å². The second-order valence-electron chi connectivity index (χ2n) is 8.89. The first-order valence-electron chi connectivity index (χ1n) is 11.8. The summed E-state index contributed by atoms with van der Waals surface area (Å²) in [5, 5.41) is 23.6. The molecule has 1 atom stereocenters. The van der Waals surface area contributed by atoms with Crippen molar-refractivity contribution < 1.29 is 4.79 Å². The number of carbonyl (C=O) groups excluding carboxylic acids is 1. The van der Waals surface area contributed by atoms with E-state index in [4.69, 9.17) is 28.2 Å². The molecular formula is C26H23Cl2N9O. The molecule has 192 valence electrons. The highest BCUT2D eigenvalue weighted by molar-refractivity contribution is 6.32. The Morgan fingerprint density at radius 2 is 1.97 bits per heavy atom. The van der Waals surface area contributed by atoms with Crippen LogP contribution in [0, 0.1) is 6.92 Å². The lowest BCUT2D eigenvalue weighted by Gasteiger charge is -2.15. The summed E-state index contributed by atoms with van der Waals surface area (Å²) in [6.45, 7) is 3.93. The number of carbonyl (C=O) groups is 1. The van der Waals surface area contributed by atoms with E-state index in [1.54, 1.807) is 24.3 Å². The fourth-order valence-electron chi connectivity index (χ4n) is 4.05. The number of hydrogen-bond acceptors (Lipinski definition) is 7. The molecule has 10 nitrogen and oxygen atoms in total. The second-order valence-corrected chi connectivity index (χ2v) is 9.70. The molecule has 2 aromatic heterocycles. The van der Waals surface area contributed by atoms with Crippen LogP contribution in [-0.4, -0.2) is 47.5 Å². The predicted molar refractivity (Wildman–Crippen MR) is 148 cm³/mol. The number of aromatic nitrogens is 6. The van der Waals surface area contributed by atoms with Crippen molar-refractivity contribution in [3.05, 3.63) is 82.0 Å². The maximum atomic E-state index is 13.1. The van der Waals surface area contributed by atoms with Crippen molar-refractivity contribution in [2.75, 3.05) is 0 Å². The zero-order valence-electron chi connectivity index (χ0n) is 20.6. The fourth-order valence-corrected chi connectivity index (χ4v) is 4.48. The molecular weight excluding hydrogens is 525 g/mol. The molecule has 1 unspecified atom stereocenters. The first-order valence-corrected chi connectivity index (χ1v) is 12.5. The largest absolute Gasteiger partial charge is 0.342 e. The zero-order valence-corrected chi connectivity index (χ0v) is 22.1. The molecule has 2 N–H and O–H groups in total. The van der Waals surface area contributed by atoms with Crippen LogP contribution in [0.5, 0.6) is 0 Å². The average Bonchev–Trinajstić information content (AvgIpc) is 3.65. The molecule has 4 aromatic rings. The van der Waals surface area contributed by atoms with Gasteiger partial charge in [-0.15, -0.1) is 5.10 Å². The van der Waals surface area contributed by atoms with Crippen LogP contribution in [0.25, 0.3) is 23.0 Å². The number of halogens is 2. The van der Waals surface area contributed by atoms with Gasteiger partial charge in [0.05, 0.1) is 11.7 Å². The van der Waals surface area contributed by atoms with Crippen LogP contribution in [0.15, 0.2) is 65.1 Å². The summed E-state index contributed by atoms with van der Waals surface area (Å²) in [7, 11) is 0. The molecule has 3 heterocycles. The molecule has 0 saturated heterocycles. The fraction of sp³-hybridized carbons (Fsp3) is 0.192. The number of nitrogens with one attached hydrogen (secondary N) is 2. The van der Waals surface area contributed by atoms with Crippen LogP contribution >= 0.6 is 23.2 Å². The summed E-state index contributed by atoms with van der Waals surface area (Å²) >= 11 is 12.7. The smallest absolute Gasteiger partial charge is 0.244 e. The van der Waals surface area contributed by atoms with Gasteiger partial charge in [0.15, 0.2) is 0 Å². The zero-order chi connectivity index (χ0) is 26.6. The number of amides is 1. The molecule has 5 rings (SSSR count). The van der Waals surface area contributed by atoms with E-state index in [-0.39, 0.29) is 5.91 Å². The number of H-pyrrole nitrogens is 1. The van der Waals surface area contributed by atoms with Gasteiger partial charge in [0.25, 0.3) is 0 Å². The molecule has 2 aromatic carbocycles. The third-order valence-electron chi connectivity index (χ3n) is 5.91. The van der Waals surface area contributed by atoms with Gasteiger partial charge >= 0.3 is 0 Å². The molecule has 1 aliphatic rings. The Balaban J connectivity index is 1.40. The first-order chi connectivity index (χ1) is 18.4. The summed E-state index contributed by atoms with van der Waals surface area (Å²) in [5.41, 5.74) is 5.73. The van der Waals surface area contributed by atoms with Crippen LogP contribution in [-0.2, 0) is 4.79 Å². The minimum absolute atomic E-state index is 0.335. The molecule has 1 amide bonds. The number of hydrogen-bond donors (Lipinski definition) is 2. The quantitative estimate of drug-likeness (QED) is 0.295.